The monoisotopic (exact) mass is 241 g/mol. The van der Waals surface area contributed by atoms with Crippen molar-refractivity contribution in [1.29, 1.82) is 0 Å². The topological polar surface area (TPSA) is 30.7 Å². The normalized spacial score (nSPS) is 26.7. The lowest BCUT2D eigenvalue weighted by Crippen LogP contribution is -2.18. The van der Waals surface area contributed by atoms with Gasteiger partial charge in [-0.25, -0.2) is 0 Å². The van der Waals surface area contributed by atoms with Crippen LogP contribution in [-0.4, -0.2) is 14.8 Å². The van der Waals surface area contributed by atoms with Crippen LogP contribution in [0.3, 0.4) is 0 Å². The third kappa shape index (κ3) is 2.24. The summed E-state index contributed by atoms with van der Waals surface area (Å²) in [6.45, 7) is 4.43. The van der Waals surface area contributed by atoms with E-state index in [4.69, 9.17) is 11.6 Å². The number of halogens is 1. The first kappa shape index (κ1) is 11.9. The van der Waals surface area contributed by atoms with Gasteiger partial charge in [-0.3, -0.25) is 4.57 Å². The Morgan fingerprint density at radius 2 is 2.00 bits per heavy atom. The molecule has 1 aromatic rings. The fraction of sp³-hybridized carbons (Fsp3) is 0.833. The van der Waals surface area contributed by atoms with E-state index < -0.39 is 0 Å². The number of nitrogens with zero attached hydrogens (tertiary/aromatic N) is 3. The van der Waals surface area contributed by atoms with E-state index in [1.54, 1.807) is 0 Å². The molecule has 0 radical (unpaired) electrons. The van der Waals surface area contributed by atoms with Crippen molar-refractivity contribution >= 4 is 11.6 Å². The first-order valence-electron chi connectivity index (χ1n) is 6.33. The zero-order valence-corrected chi connectivity index (χ0v) is 10.9. The molecule has 3 nitrogen and oxygen atoms in total. The molecule has 1 aromatic heterocycles. The van der Waals surface area contributed by atoms with Crippen LogP contribution in [0.25, 0.3) is 0 Å². The summed E-state index contributed by atoms with van der Waals surface area (Å²) in [5, 5.41) is 8.73. The summed E-state index contributed by atoms with van der Waals surface area (Å²) < 4.78 is 2.16. The van der Waals surface area contributed by atoms with Gasteiger partial charge in [-0.15, -0.1) is 10.2 Å². The first-order valence-corrected chi connectivity index (χ1v) is 6.71. The highest BCUT2D eigenvalue weighted by molar-refractivity contribution is 6.28. The van der Waals surface area contributed by atoms with Crippen molar-refractivity contribution in [3.63, 3.8) is 0 Å². The summed E-state index contributed by atoms with van der Waals surface area (Å²) in [6.07, 6.45) is 7.41. The van der Waals surface area contributed by atoms with E-state index in [9.17, 15) is 0 Å². The first-order chi connectivity index (χ1) is 7.74. The smallest absolute Gasteiger partial charge is 0.225 e. The Hall–Kier alpha value is -0.570. The van der Waals surface area contributed by atoms with Crippen molar-refractivity contribution in [3.8, 4) is 0 Å². The molecular formula is C12H20ClN3. The van der Waals surface area contributed by atoms with Crippen molar-refractivity contribution in [2.45, 2.75) is 58.4 Å². The van der Waals surface area contributed by atoms with E-state index in [1.807, 2.05) is 0 Å². The van der Waals surface area contributed by atoms with Gasteiger partial charge in [0.15, 0.2) is 0 Å². The lowest BCUT2D eigenvalue weighted by Gasteiger charge is -2.24. The standard InChI is InChI=1S/C12H20ClN3/c1-3-11-14-15-12(13)16(11)10-8-6-4-5-7-9(10)2/h9-10H,3-8H2,1-2H3. The Morgan fingerprint density at radius 3 is 2.75 bits per heavy atom. The predicted molar refractivity (Wildman–Crippen MR) is 65.7 cm³/mol. The Bertz CT molecular complexity index is 348. The van der Waals surface area contributed by atoms with Crippen LogP contribution in [0.15, 0.2) is 0 Å². The Kier molecular flexibility index (Phi) is 3.85. The molecular weight excluding hydrogens is 222 g/mol. The quantitative estimate of drug-likeness (QED) is 0.741. The van der Waals surface area contributed by atoms with Crippen LogP contribution >= 0.6 is 11.6 Å². The summed E-state index contributed by atoms with van der Waals surface area (Å²) >= 11 is 6.17. The van der Waals surface area contributed by atoms with Crippen molar-refractivity contribution in [2.75, 3.05) is 0 Å². The number of aryl methyl sites for hydroxylation is 1. The van der Waals surface area contributed by atoms with Gasteiger partial charge >= 0.3 is 0 Å². The van der Waals surface area contributed by atoms with Crippen LogP contribution in [0, 0.1) is 5.92 Å². The van der Waals surface area contributed by atoms with Gasteiger partial charge in [-0.05, 0) is 30.4 Å². The van der Waals surface area contributed by atoms with E-state index in [1.165, 1.54) is 32.1 Å². The Labute approximate surface area is 102 Å². The lowest BCUT2D eigenvalue weighted by atomic mass is 9.96. The van der Waals surface area contributed by atoms with E-state index in [0.717, 1.165) is 12.2 Å². The molecule has 1 aliphatic carbocycles. The molecule has 90 valence electrons. The molecule has 0 amide bonds. The average molecular weight is 242 g/mol. The highest BCUT2D eigenvalue weighted by Gasteiger charge is 2.25. The molecule has 0 spiro atoms. The third-order valence-corrected chi connectivity index (χ3v) is 3.95. The third-order valence-electron chi connectivity index (χ3n) is 3.69. The van der Waals surface area contributed by atoms with Crippen LogP contribution in [0.2, 0.25) is 5.28 Å². The minimum absolute atomic E-state index is 0.500. The van der Waals surface area contributed by atoms with Crippen molar-refractivity contribution in [1.82, 2.24) is 14.8 Å². The van der Waals surface area contributed by atoms with Crippen molar-refractivity contribution in [3.05, 3.63) is 11.1 Å². The molecule has 2 atom stereocenters. The van der Waals surface area contributed by atoms with Crippen LogP contribution in [0.1, 0.15) is 57.8 Å². The van der Waals surface area contributed by atoms with Gasteiger partial charge < -0.3 is 0 Å². The second-order valence-electron chi connectivity index (χ2n) is 4.79. The maximum Gasteiger partial charge on any atom is 0.225 e. The number of hydrogen-bond donors (Lipinski definition) is 0. The van der Waals surface area contributed by atoms with Gasteiger partial charge in [0.25, 0.3) is 0 Å². The minimum atomic E-state index is 0.500. The maximum absolute atomic E-state index is 6.17. The molecule has 0 aliphatic heterocycles. The highest BCUT2D eigenvalue weighted by Crippen LogP contribution is 2.34. The molecule has 1 saturated carbocycles. The molecule has 0 saturated heterocycles. The zero-order valence-electron chi connectivity index (χ0n) is 10.1. The van der Waals surface area contributed by atoms with Gasteiger partial charge in [0, 0.05) is 12.5 Å². The van der Waals surface area contributed by atoms with E-state index in [2.05, 4.69) is 28.6 Å². The van der Waals surface area contributed by atoms with Crippen LogP contribution in [-0.2, 0) is 6.42 Å². The zero-order chi connectivity index (χ0) is 11.5. The Morgan fingerprint density at radius 1 is 1.25 bits per heavy atom. The second-order valence-corrected chi connectivity index (χ2v) is 5.13. The fourth-order valence-electron chi connectivity index (χ4n) is 2.73. The SMILES string of the molecule is CCc1nnc(Cl)n1C1CCCCCC1C. The van der Waals surface area contributed by atoms with Gasteiger partial charge in [-0.2, -0.15) is 0 Å². The largest absolute Gasteiger partial charge is 0.298 e. The summed E-state index contributed by atoms with van der Waals surface area (Å²) in [7, 11) is 0. The van der Waals surface area contributed by atoms with E-state index in [0.29, 0.717) is 17.2 Å². The lowest BCUT2D eigenvalue weighted by molar-refractivity contribution is 0.326. The number of aromatic nitrogens is 3. The molecule has 2 unspecified atom stereocenters. The van der Waals surface area contributed by atoms with Crippen LogP contribution < -0.4 is 0 Å². The molecule has 2 rings (SSSR count). The van der Waals surface area contributed by atoms with E-state index in [-0.39, 0.29) is 0 Å². The van der Waals surface area contributed by atoms with E-state index >= 15 is 0 Å². The average Bonchev–Trinajstić information content (AvgIpc) is 2.51. The maximum atomic E-state index is 6.17. The second kappa shape index (κ2) is 5.17. The van der Waals surface area contributed by atoms with Crippen molar-refractivity contribution < 1.29 is 0 Å². The molecule has 1 fully saturated rings. The summed E-state index contributed by atoms with van der Waals surface area (Å²) in [4.78, 5) is 0. The van der Waals surface area contributed by atoms with Gasteiger partial charge in [-0.1, -0.05) is 33.1 Å². The molecule has 0 aromatic carbocycles. The highest BCUT2D eigenvalue weighted by atomic mass is 35.5. The molecule has 4 heteroatoms. The molecule has 1 aliphatic rings. The molecule has 1 heterocycles. The van der Waals surface area contributed by atoms with Crippen LogP contribution in [0.4, 0.5) is 0 Å². The molecule has 0 N–H and O–H groups in total. The fourth-order valence-corrected chi connectivity index (χ4v) is 2.99. The number of hydrogen-bond acceptors (Lipinski definition) is 2. The van der Waals surface area contributed by atoms with Gasteiger partial charge in [0.05, 0.1) is 0 Å². The van der Waals surface area contributed by atoms with Crippen LogP contribution in [0.5, 0.6) is 0 Å². The molecule has 16 heavy (non-hydrogen) atoms. The predicted octanol–water partition coefficient (Wildman–Crippen LogP) is 3.64. The molecule has 0 bridgehead atoms. The Balaban J connectivity index is 2.29. The van der Waals surface area contributed by atoms with Crippen molar-refractivity contribution in [2.24, 2.45) is 5.92 Å². The summed E-state index contributed by atoms with van der Waals surface area (Å²) in [6, 6.07) is 0.500. The van der Waals surface area contributed by atoms with Gasteiger partial charge in [0.2, 0.25) is 5.28 Å². The summed E-state index contributed by atoms with van der Waals surface area (Å²) in [5.41, 5.74) is 0. The minimum Gasteiger partial charge on any atom is -0.298 e. The van der Waals surface area contributed by atoms with Gasteiger partial charge in [0.1, 0.15) is 5.82 Å². The number of rotatable bonds is 2. The summed E-state index contributed by atoms with van der Waals surface area (Å²) in [5.74, 6) is 1.71.